The highest BCUT2D eigenvalue weighted by atomic mass is 127. The highest BCUT2D eigenvalue weighted by Crippen LogP contribution is 2.36. The number of carbonyl (C=O) groups excluding carboxylic acids is 1. The first kappa shape index (κ1) is 22.3. The Bertz CT molecular complexity index is 754. The first-order chi connectivity index (χ1) is 13.6. The van der Waals surface area contributed by atoms with E-state index in [1.807, 2.05) is 7.05 Å². The summed E-state index contributed by atoms with van der Waals surface area (Å²) in [4.78, 5) is 21.2. The van der Waals surface area contributed by atoms with E-state index >= 15 is 0 Å². The van der Waals surface area contributed by atoms with Crippen LogP contribution in [0, 0.1) is 5.41 Å². The maximum atomic E-state index is 11.8. The van der Waals surface area contributed by atoms with Crippen molar-refractivity contribution in [1.29, 1.82) is 0 Å². The number of benzene rings is 1. The lowest BCUT2D eigenvalue weighted by Crippen LogP contribution is -2.53. The number of fused-ring (bicyclic) bond motifs is 1. The molecule has 0 bridgehead atoms. The van der Waals surface area contributed by atoms with E-state index in [9.17, 15) is 4.79 Å². The van der Waals surface area contributed by atoms with Crippen molar-refractivity contribution in [2.75, 3.05) is 39.8 Å². The SMILES string of the molecule is CN=C(NCC(C)N1CCc2ccccc2C1)N1CCCC2(CNC(=O)C2)C1.I. The highest BCUT2D eigenvalue weighted by Gasteiger charge is 2.42. The first-order valence-electron chi connectivity index (χ1n) is 10.6. The summed E-state index contributed by atoms with van der Waals surface area (Å²) in [6.07, 6.45) is 4.03. The van der Waals surface area contributed by atoms with Gasteiger partial charge in [0.05, 0.1) is 0 Å². The topological polar surface area (TPSA) is 60.0 Å². The van der Waals surface area contributed by atoms with Gasteiger partial charge in [0.2, 0.25) is 5.91 Å². The van der Waals surface area contributed by atoms with Crippen LogP contribution in [0.1, 0.15) is 37.3 Å². The first-order valence-corrected chi connectivity index (χ1v) is 10.6. The molecular weight excluding hydrogens is 477 g/mol. The lowest BCUT2D eigenvalue weighted by atomic mass is 9.79. The maximum absolute atomic E-state index is 11.8. The quantitative estimate of drug-likeness (QED) is 0.372. The molecule has 4 rings (SSSR count). The minimum absolute atomic E-state index is 0. The summed E-state index contributed by atoms with van der Waals surface area (Å²) in [5.41, 5.74) is 3.05. The van der Waals surface area contributed by atoms with Gasteiger partial charge in [0.1, 0.15) is 0 Å². The summed E-state index contributed by atoms with van der Waals surface area (Å²) < 4.78 is 0. The number of rotatable bonds is 3. The molecule has 0 aliphatic carbocycles. The van der Waals surface area contributed by atoms with E-state index < -0.39 is 0 Å². The molecule has 2 atom stereocenters. The number of amides is 1. The van der Waals surface area contributed by atoms with Gasteiger partial charge in [-0.05, 0) is 37.3 Å². The normalized spacial score (nSPS) is 25.9. The molecule has 1 spiro atoms. The van der Waals surface area contributed by atoms with Crippen molar-refractivity contribution in [3.05, 3.63) is 35.4 Å². The number of halogens is 1. The molecule has 29 heavy (non-hydrogen) atoms. The second kappa shape index (κ2) is 9.64. The monoisotopic (exact) mass is 511 g/mol. The Hall–Kier alpha value is -1.35. The summed E-state index contributed by atoms with van der Waals surface area (Å²) in [6.45, 7) is 8.05. The zero-order chi connectivity index (χ0) is 19.6. The van der Waals surface area contributed by atoms with E-state index in [-0.39, 0.29) is 35.3 Å². The fourth-order valence-electron chi connectivity index (χ4n) is 5.02. The molecule has 0 aromatic heterocycles. The van der Waals surface area contributed by atoms with Crippen LogP contribution in [-0.2, 0) is 17.8 Å². The number of guanidine groups is 1. The van der Waals surface area contributed by atoms with Gasteiger partial charge in [-0.1, -0.05) is 24.3 Å². The molecule has 7 heteroatoms. The Balaban J connectivity index is 0.00000240. The largest absolute Gasteiger partial charge is 0.355 e. The fourth-order valence-corrected chi connectivity index (χ4v) is 5.02. The molecule has 1 aromatic rings. The molecule has 1 aromatic carbocycles. The smallest absolute Gasteiger partial charge is 0.220 e. The molecule has 3 aliphatic rings. The molecule has 2 unspecified atom stereocenters. The van der Waals surface area contributed by atoms with Gasteiger partial charge < -0.3 is 15.5 Å². The van der Waals surface area contributed by atoms with Gasteiger partial charge in [-0.3, -0.25) is 14.7 Å². The third kappa shape index (κ3) is 5.05. The fraction of sp³-hybridized carbons (Fsp3) is 0.636. The Labute approximate surface area is 191 Å². The van der Waals surface area contributed by atoms with Crippen LogP contribution in [0.5, 0.6) is 0 Å². The van der Waals surface area contributed by atoms with Crippen molar-refractivity contribution in [3.63, 3.8) is 0 Å². The maximum Gasteiger partial charge on any atom is 0.220 e. The zero-order valence-corrected chi connectivity index (χ0v) is 19.9. The van der Waals surface area contributed by atoms with Crippen LogP contribution in [0.3, 0.4) is 0 Å². The third-order valence-corrected chi connectivity index (χ3v) is 6.71. The van der Waals surface area contributed by atoms with Gasteiger partial charge in [0, 0.05) is 64.2 Å². The highest BCUT2D eigenvalue weighted by molar-refractivity contribution is 14.0. The van der Waals surface area contributed by atoms with E-state index in [1.54, 1.807) is 0 Å². The van der Waals surface area contributed by atoms with Crippen molar-refractivity contribution >= 4 is 35.8 Å². The molecule has 2 N–H and O–H groups in total. The van der Waals surface area contributed by atoms with E-state index in [0.717, 1.165) is 64.5 Å². The standard InChI is InChI=1S/C22H33N5O.HI/c1-17(26-11-8-18-6-3-4-7-19(18)14-26)13-24-21(23-2)27-10-5-9-22(16-27)12-20(28)25-15-22;/h3-4,6-7,17H,5,8-16H2,1-2H3,(H,23,24)(H,25,28);1H. The second-order valence-electron chi connectivity index (χ2n) is 8.74. The van der Waals surface area contributed by atoms with E-state index in [1.165, 1.54) is 11.1 Å². The van der Waals surface area contributed by atoms with Crippen LogP contribution < -0.4 is 10.6 Å². The summed E-state index contributed by atoms with van der Waals surface area (Å²) in [7, 11) is 1.86. The van der Waals surface area contributed by atoms with Crippen LogP contribution in [0.4, 0.5) is 0 Å². The van der Waals surface area contributed by atoms with Crippen molar-refractivity contribution < 1.29 is 4.79 Å². The molecule has 3 heterocycles. The van der Waals surface area contributed by atoms with Gasteiger partial charge >= 0.3 is 0 Å². The van der Waals surface area contributed by atoms with Crippen molar-refractivity contribution in [2.45, 2.75) is 45.2 Å². The van der Waals surface area contributed by atoms with Crippen LogP contribution in [0.25, 0.3) is 0 Å². The summed E-state index contributed by atoms with van der Waals surface area (Å²) in [5.74, 6) is 1.17. The third-order valence-electron chi connectivity index (χ3n) is 6.71. The zero-order valence-electron chi connectivity index (χ0n) is 17.6. The van der Waals surface area contributed by atoms with Gasteiger partial charge in [-0.25, -0.2) is 0 Å². The Morgan fingerprint density at radius 2 is 2.10 bits per heavy atom. The molecule has 6 nitrogen and oxygen atoms in total. The van der Waals surface area contributed by atoms with Crippen LogP contribution in [0.15, 0.2) is 29.3 Å². The molecule has 0 saturated carbocycles. The van der Waals surface area contributed by atoms with E-state index in [0.29, 0.717) is 12.5 Å². The Kier molecular flexibility index (Phi) is 7.42. The average molecular weight is 511 g/mol. The number of carbonyl (C=O) groups is 1. The number of aliphatic imine (C=N–C) groups is 1. The lowest BCUT2D eigenvalue weighted by Gasteiger charge is -2.41. The Morgan fingerprint density at radius 3 is 2.83 bits per heavy atom. The Morgan fingerprint density at radius 1 is 1.31 bits per heavy atom. The predicted octanol–water partition coefficient (Wildman–Crippen LogP) is 2.23. The van der Waals surface area contributed by atoms with E-state index in [4.69, 9.17) is 0 Å². The minimum Gasteiger partial charge on any atom is -0.355 e. The van der Waals surface area contributed by atoms with Crippen molar-refractivity contribution in [3.8, 4) is 0 Å². The molecule has 2 saturated heterocycles. The number of nitrogens with zero attached hydrogens (tertiary/aromatic N) is 3. The van der Waals surface area contributed by atoms with E-state index in [2.05, 4.69) is 56.6 Å². The van der Waals surface area contributed by atoms with Gasteiger partial charge in [-0.2, -0.15) is 0 Å². The van der Waals surface area contributed by atoms with Crippen LogP contribution in [0.2, 0.25) is 0 Å². The van der Waals surface area contributed by atoms with Crippen molar-refractivity contribution in [2.24, 2.45) is 10.4 Å². The number of hydrogen-bond donors (Lipinski definition) is 2. The van der Waals surface area contributed by atoms with Crippen LogP contribution in [-0.4, -0.2) is 67.5 Å². The minimum atomic E-state index is 0. The molecule has 160 valence electrons. The van der Waals surface area contributed by atoms with Crippen LogP contribution >= 0.6 is 24.0 Å². The number of hydrogen-bond acceptors (Lipinski definition) is 3. The molecule has 1 amide bonds. The molecule has 2 fully saturated rings. The lowest BCUT2D eigenvalue weighted by molar-refractivity contribution is -0.119. The van der Waals surface area contributed by atoms with Gasteiger partial charge in [0.15, 0.2) is 5.96 Å². The molecular formula is C22H34IN5O. The van der Waals surface area contributed by atoms with Crippen molar-refractivity contribution in [1.82, 2.24) is 20.4 Å². The molecule has 3 aliphatic heterocycles. The summed E-state index contributed by atoms with van der Waals surface area (Å²) in [5, 5.41) is 6.63. The number of likely N-dealkylation sites (tertiary alicyclic amines) is 1. The predicted molar refractivity (Wildman–Crippen MR) is 128 cm³/mol. The second-order valence-corrected chi connectivity index (χ2v) is 8.74. The summed E-state index contributed by atoms with van der Waals surface area (Å²) in [6, 6.07) is 9.24. The number of piperidine rings is 1. The van der Waals surface area contributed by atoms with Gasteiger partial charge in [0.25, 0.3) is 0 Å². The van der Waals surface area contributed by atoms with Gasteiger partial charge in [-0.15, -0.1) is 24.0 Å². The molecule has 0 radical (unpaired) electrons. The number of nitrogens with one attached hydrogen (secondary N) is 2. The average Bonchev–Trinajstić information content (AvgIpc) is 3.07. The summed E-state index contributed by atoms with van der Waals surface area (Å²) >= 11 is 0.